The summed E-state index contributed by atoms with van der Waals surface area (Å²) in [6.45, 7) is 1.87. The number of ether oxygens (including phenoxy) is 3. The van der Waals surface area contributed by atoms with Crippen LogP contribution in [0.15, 0.2) is 42.6 Å². The molecule has 0 spiro atoms. The zero-order chi connectivity index (χ0) is 18.8. The van der Waals surface area contributed by atoms with E-state index in [1.807, 2.05) is 24.3 Å². The molecule has 0 atom stereocenters. The Hall–Kier alpha value is -2.64. The summed E-state index contributed by atoms with van der Waals surface area (Å²) in [5.74, 6) is 1.14. The van der Waals surface area contributed by atoms with Crippen LogP contribution in [0.2, 0.25) is 0 Å². The molecule has 1 N–H and O–H groups in total. The lowest BCUT2D eigenvalue weighted by molar-refractivity contribution is 0.0628. The Morgan fingerprint density at radius 1 is 1.04 bits per heavy atom. The Balaban J connectivity index is 2.20. The summed E-state index contributed by atoms with van der Waals surface area (Å²) < 4.78 is 15.4. The van der Waals surface area contributed by atoms with Crippen LogP contribution in [0.3, 0.4) is 0 Å². The number of amides is 1. The second-order valence-electron chi connectivity index (χ2n) is 5.53. The zero-order valence-corrected chi connectivity index (χ0v) is 15.4. The second-order valence-corrected chi connectivity index (χ2v) is 5.53. The molecule has 140 valence electrons. The number of carbonyl (C=O) groups is 1. The van der Waals surface area contributed by atoms with Crippen molar-refractivity contribution >= 4 is 17.4 Å². The van der Waals surface area contributed by atoms with E-state index in [2.05, 4.69) is 10.3 Å². The standard InChI is InChI=1S/C19H25N3O4/c1-24-13-11-22(12-14-25-2)19(23)17-5-4-10-20-18(17)21-15-6-8-16(26-3)9-7-15/h4-10H,11-14H2,1-3H3,(H,20,21). The molecule has 0 radical (unpaired) electrons. The third-order valence-electron chi connectivity index (χ3n) is 3.81. The number of hydrogen-bond acceptors (Lipinski definition) is 6. The fraction of sp³-hybridized carbons (Fsp3) is 0.368. The van der Waals surface area contributed by atoms with E-state index in [1.165, 1.54) is 0 Å². The van der Waals surface area contributed by atoms with E-state index >= 15 is 0 Å². The molecule has 1 amide bonds. The maximum absolute atomic E-state index is 13.0. The number of anilines is 2. The number of rotatable bonds is 10. The summed E-state index contributed by atoms with van der Waals surface area (Å²) in [6.07, 6.45) is 1.65. The van der Waals surface area contributed by atoms with E-state index in [1.54, 1.807) is 44.6 Å². The molecule has 2 aromatic rings. The normalized spacial score (nSPS) is 10.4. The first-order valence-corrected chi connectivity index (χ1v) is 8.32. The van der Waals surface area contributed by atoms with Gasteiger partial charge in [0.1, 0.15) is 11.6 Å². The minimum Gasteiger partial charge on any atom is -0.497 e. The molecule has 26 heavy (non-hydrogen) atoms. The summed E-state index contributed by atoms with van der Waals surface area (Å²) >= 11 is 0. The third kappa shape index (κ3) is 5.44. The van der Waals surface area contributed by atoms with Crippen LogP contribution < -0.4 is 10.1 Å². The maximum Gasteiger partial charge on any atom is 0.257 e. The fourth-order valence-corrected chi connectivity index (χ4v) is 2.38. The quantitative estimate of drug-likeness (QED) is 0.703. The van der Waals surface area contributed by atoms with E-state index in [4.69, 9.17) is 14.2 Å². The van der Waals surface area contributed by atoms with Gasteiger partial charge in [0.25, 0.3) is 5.91 Å². The number of carbonyl (C=O) groups excluding carboxylic acids is 1. The number of pyridine rings is 1. The van der Waals surface area contributed by atoms with Crippen molar-refractivity contribution in [3.63, 3.8) is 0 Å². The summed E-state index contributed by atoms with van der Waals surface area (Å²) in [7, 11) is 4.84. The van der Waals surface area contributed by atoms with Crippen LogP contribution in [0.5, 0.6) is 5.75 Å². The van der Waals surface area contributed by atoms with Crippen LogP contribution in [-0.2, 0) is 9.47 Å². The molecule has 1 aromatic heterocycles. The molecule has 0 bridgehead atoms. The van der Waals surface area contributed by atoms with Gasteiger partial charge < -0.3 is 24.4 Å². The van der Waals surface area contributed by atoms with Gasteiger partial charge in [0.05, 0.1) is 25.9 Å². The van der Waals surface area contributed by atoms with Crippen molar-refractivity contribution in [3.8, 4) is 5.75 Å². The highest BCUT2D eigenvalue weighted by molar-refractivity contribution is 5.99. The molecule has 2 rings (SSSR count). The first-order valence-electron chi connectivity index (χ1n) is 8.32. The predicted octanol–water partition coefficient (Wildman–Crippen LogP) is 2.57. The van der Waals surface area contributed by atoms with Crippen molar-refractivity contribution in [2.75, 3.05) is 52.9 Å². The number of nitrogens with one attached hydrogen (secondary N) is 1. The van der Waals surface area contributed by atoms with Crippen molar-refractivity contribution in [2.24, 2.45) is 0 Å². The third-order valence-corrected chi connectivity index (χ3v) is 3.81. The topological polar surface area (TPSA) is 72.9 Å². The first kappa shape index (κ1) is 19.7. The van der Waals surface area contributed by atoms with Crippen LogP contribution >= 0.6 is 0 Å². The second kappa shape index (κ2) is 10.4. The minimum atomic E-state index is -0.122. The predicted molar refractivity (Wildman–Crippen MR) is 100 cm³/mol. The lowest BCUT2D eigenvalue weighted by Crippen LogP contribution is -2.36. The van der Waals surface area contributed by atoms with Crippen LogP contribution in [-0.4, -0.2) is 63.4 Å². The summed E-state index contributed by atoms with van der Waals surface area (Å²) in [5.41, 5.74) is 1.31. The Morgan fingerprint density at radius 2 is 1.69 bits per heavy atom. The van der Waals surface area contributed by atoms with Gasteiger partial charge in [-0.1, -0.05) is 0 Å². The van der Waals surface area contributed by atoms with Crippen molar-refractivity contribution in [3.05, 3.63) is 48.2 Å². The van der Waals surface area contributed by atoms with E-state index in [0.717, 1.165) is 11.4 Å². The molecule has 0 saturated carbocycles. The summed E-state index contributed by atoms with van der Waals surface area (Å²) in [6, 6.07) is 10.9. The summed E-state index contributed by atoms with van der Waals surface area (Å²) in [5, 5.41) is 3.20. The Morgan fingerprint density at radius 3 is 2.27 bits per heavy atom. The zero-order valence-electron chi connectivity index (χ0n) is 15.4. The maximum atomic E-state index is 13.0. The van der Waals surface area contributed by atoms with Crippen molar-refractivity contribution in [2.45, 2.75) is 0 Å². The van der Waals surface area contributed by atoms with Crippen LogP contribution in [0, 0.1) is 0 Å². The average molecular weight is 359 g/mol. The van der Waals surface area contributed by atoms with Gasteiger partial charge in [-0.3, -0.25) is 4.79 Å². The smallest absolute Gasteiger partial charge is 0.257 e. The molecule has 0 aliphatic rings. The molecular weight excluding hydrogens is 334 g/mol. The largest absolute Gasteiger partial charge is 0.497 e. The van der Waals surface area contributed by atoms with E-state index in [0.29, 0.717) is 37.7 Å². The summed E-state index contributed by atoms with van der Waals surface area (Å²) in [4.78, 5) is 19.0. The lowest BCUT2D eigenvalue weighted by atomic mass is 10.2. The SMILES string of the molecule is COCCN(CCOC)C(=O)c1cccnc1Nc1ccc(OC)cc1. The molecule has 1 heterocycles. The number of methoxy groups -OCH3 is 3. The minimum absolute atomic E-state index is 0.122. The van der Waals surface area contributed by atoms with E-state index in [-0.39, 0.29) is 5.91 Å². The van der Waals surface area contributed by atoms with Gasteiger partial charge >= 0.3 is 0 Å². The highest BCUT2D eigenvalue weighted by atomic mass is 16.5. The fourth-order valence-electron chi connectivity index (χ4n) is 2.38. The monoisotopic (exact) mass is 359 g/mol. The Labute approximate surface area is 153 Å². The van der Waals surface area contributed by atoms with Gasteiger partial charge in [0, 0.05) is 39.2 Å². The molecule has 7 nitrogen and oxygen atoms in total. The highest BCUT2D eigenvalue weighted by Crippen LogP contribution is 2.22. The molecule has 7 heteroatoms. The molecule has 0 fully saturated rings. The molecule has 0 aliphatic carbocycles. The number of nitrogens with zero attached hydrogens (tertiary/aromatic N) is 2. The van der Waals surface area contributed by atoms with Gasteiger partial charge in [-0.15, -0.1) is 0 Å². The van der Waals surface area contributed by atoms with Crippen molar-refractivity contribution in [1.82, 2.24) is 9.88 Å². The van der Waals surface area contributed by atoms with Gasteiger partial charge in [-0.25, -0.2) is 4.98 Å². The molecule has 1 aromatic carbocycles. The van der Waals surface area contributed by atoms with Crippen LogP contribution in [0.25, 0.3) is 0 Å². The molecular formula is C19H25N3O4. The average Bonchev–Trinajstić information content (AvgIpc) is 2.68. The molecule has 0 unspecified atom stereocenters. The van der Waals surface area contributed by atoms with Gasteiger partial charge in [0.15, 0.2) is 0 Å². The van der Waals surface area contributed by atoms with E-state index in [9.17, 15) is 4.79 Å². The molecule has 0 aliphatic heterocycles. The van der Waals surface area contributed by atoms with Gasteiger partial charge in [0.2, 0.25) is 0 Å². The number of aromatic nitrogens is 1. The van der Waals surface area contributed by atoms with Crippen molar-refractivity contribution in [1.29, 1.82) is 0 Å². The van der Waals surface area contributed by atoms with Gasteiger partial charge in [-0.2, -0.15) is 0 Å². The van der Waals surface area contributed by atoms with E-state index < -0.39 is 0 Å². The highest BCUT2D eigenvalue weighted by Gasteiger charge is 2.19. The van der Waals surface area contributed by atoms with Crippen molar-refractivity contribution < 1.29 is 19.0 Å². The first-order chi connectivity index (χ1) is 12.7. The van der Waals surface area contributed by atoms with Crippen LogP contribution in [0.4, 0.5) is 11.5 Å². The Kier molecular flexibility index (Phi) is 7.85. The Bertz CT molecular complexity index is 683. The number of benzene rings is 1. The van der Waals surface area contributed by atoms with Gasteiger partial charge in [-0.05, 0) is 36.4 Å². The lowest BCUT2D eigenvalue weighted by Gasteiger charge is -2.23. The van der Waals surface area contributed by atoms with Crippen LogP contribution in [0.1, 0.15) is 10.4 Å². The number of hydrogen-bond donors (Lipinski definition) is 1. The molecule has 0 saturated heterocycles.